The minimum Gasteiger partial charge on any atom is -0.266 e. The lowest BCUT2D eigenvalue weighted by molar-refractivity contribution is 0.599. The Bertz CT molecular complexity index is 687. The predicted molar refractivity (Wildman–Crippen MR) is 55.3 cm³/mol. The molecule has 80 valence electrons. The highest BCUT2D eigenvalue weighted by atomic mass is 35.5. The summed E-state index contributed by atoms with van der Waals surface area (Å²) in [6.07, 6.45) is 2.27. The minimum absolute atomic E-state index is 0.0992. The first-order chi connectivity index (χ1) is 6.88. The first kappa shape index (κ1) is 10.5. The van der Waals surface area contributed by atoms with E-state index >= 15 is 0 Å². The third-order valence-electron chi connectivity index (χ3n) is 1.52. The van der Waals surface area contributed by atoms with E-state index in [-0.39, 0.29) is 14.3 Å². The fourth-order valence-electron chi connectivity index (χ4n) is 0.887. The van der Waals surface area contributed by atoms with Gasteiger partial charge in [-0.15, -0.1) is 5.10 Å². The van der Waals surface area contributed by atoms with Crippen LogP contribution in [0.15, 0.2) is 15.3 Å². The average molecular weight is 266 g/mol. The lowest BCUT2D eigenvalue weighted by atomic mass is 10.7. The fourth-order valence-corrected chi connectivity index (χ4v) is 2.69. The van der Waals surface area contributed by atoms with Crippen molar-refractivity contribution >= 4 is 37.7 Å². The van der Waals surface area contributed by atoms with Gasteiger partial charge in [0.2, 0.25) is 19.1 Å². The van der Waals surface area contributed by atoms with Gasteiger partial charge in [-0.2, -0.15) is 4.98 Å². The van der Waals surface area contributed by atoms with Crippen molar-refractivity contribution < 1.29 is 8.42 Å². The second-order valence-electron chi connectivity index (χ2n) is 2.76. The maximum absolute atomic E-state index is 11.2. The average Bonchev–Trinajstić information content (AvgIpc) is 2.47. The third-order valence-corrected chi connectivity index (χ3v) is 4.37. The van der Waals surface area contributed by atoms with Crippen molar-refractivity contribution in [2.45, 2.75) is 4.34 Å². The Morgan fingerprint density at radius 3 is 2.80 bits per heavy atom. The van der Waals surface area contributed by atoms with Gasteiger partial charge < -0.3 is 0 Å². The van der Waals surface area contributed by atoms with Gasteiger partial charge in [0.1, 0.15) is 5.02 Å². The first-order valence-electron chi connectivity index (χ1n) is 3.64. The van der Waals surface area contributed by atoms with Crippen LogP contribution in [-0.4, -0.2) is 29.3 Å². The molecule has 0 saturated carbocycles. The molecule has 0 saturated heterocycles. The summed E-state index contributed by atoms with van der Waals surface area (Å²) in [5, 5.41) is 3.65. The molecule has 0 unspecified atom stereocenters. The largest absolute Gasteiger partial charge is 0.292 e. The molecule has 0 aliphatic rings. The van der Waals surface area contributed by atoms with Gasteiger partial charge >= 0.3 is 0 Å². The summed E-state index contributed by atoms with van der Waals surface area (Å²) in [6.45, 7) is 0. The number of nitrogens with zero attached hydrogens (tertiary/aromatic N) is 3. The fraction of sp³-hybridized carbons (Fsp3) is 0.167. The quantitative estimate of drug-likeness (QED) is 0.736. The topological polar surface area (TPSA) is 81.4 Å². The summed E-state index contributed by atoms with van der Waals surface area (Å²) in [4.78, 5) is 14.8. The van der Waals surface area contributed by atoms with E-state index in [4.69, 9.17) is 11.6 Å². The van der Waals surface area contributed by atoms with Crippen molar-refractivity contribution in [3.63, 3.8) is 0 Å². The molecular formula is C6H4ClN3O3S2. The monoisotopic (exact) mass is 265 g/mol. The van der Waals surface area contributed by atoms with E-state index < -0.39 is 15.4 Å². The van der Waals surface area contributed by atoms with Crippen LogP contribution in [-0.2, 0) is 9.84 Å². The van der Waals surface area contributed by atoms with Crippen LogP contribution in [0.3, 0.4) is 0 Å². The summed E-state index contributed by atoms with van der Waals surface area (Å²) in [5.74, 6) is 0. The van der Waals surface area contributed by atoms with Gasteiger partial charge in [0, 0.05) is 6.26 Å². The molecule has 0 atom stereocenters. The zero-order chi connectivity index (χ0) is 11.2. The number of fused-ring (bicyclic) bond motifs is 1. The van der Waals surface area contributed by atoms with Gasteiger partial charge in [-0.1, -0.05) is 22.9 Å². The normalized spacial score (nSPS) is 12.1. The number of hydrogen-bond acceptors (Lipinski definition) is 6. The van der Waals surface area contributed by atoms with Crippen molar-refractivity contribution in [2.75, 3.05) is 6.26 Å². The number of sulfone groups is 1. The molecule has 0 aromatic carbocycles. The van der Waals surface area contributed by atoms with E-state index in [2.05, 4.69) is 10.1 Å². The molecule has 2 aromatic heterocycles. The van der Waals surface area contributed by atoms with Crippen molar-refractivity contribution in [1.82, 2.24) is 14.6 Å². The van der Waals surface area contributed by atoms with E-state index in [1.54, 1.807) is 0 Å². The molecule has 2 aromatic rings. The molecule has 2 heterocycles. The first-order valence-corrected chi connectivity index (χ1v) is 6.72. The van der Waals surface area contributed by atoms with Crippen LogP contribution in [0.2, 0.25) is 5.02 Å². The van der Waals surface area contributed by atoms with E-state index in [1.807, 2.05) is 0 Å². The highest BCUT2D eigenvalue weighted by molar-refractivity contribution is 7.92. The molecule has 0 radical (unpaired) electrons. The van der Waals surface area contributed by atoms with Crippen molar-refractivity contribution in [1.29, 1.82) is 0 Å². The zero-order valence-electron chi connectivity index (χ0n) is 7.34. The molecular weight excluding hydrogens is 262 g/mol. The molecule has 0 aliphatic heterocycles. The third kappa shape index (κ3) is 1.87. The number of aromatic nitrogens is 3. The highest BCUT2D eigenvalue weighted by Gasteiger charge is 2.15. The second kappa shape index (κ2) is 3.26. The Kier molecular flexibility index (Phi) is 2.28. The molecule has 9 heteroatoms. The van der Waals surface area contributed by atoms with Crippen molar-refractivity contribution in [3.05, 3.63) is 21.6 Å². The van der Waals surface area contributed by atoms with Crippen LogP contribution in [0.1, 0.15) is 0 Å². The van der Waals surface area contributed by atoms with Crippen molar-refractivity contribution in [3.8, 4) is 0 Å². The van der Waals surface area contributed by atoms with Gasteiger partial charge in [-0.05, 0) is 0 Å². The lowest BCUT2D eigenvalue weighted by Crippen LogP contribution is -2.08. The smallest absolute Gasteiger partial charge is 0.266 e. The van der Waals surface area contributed by atoms with Crippen LogP contribution < -0.4 is 5.56 Å². The zero-order valence-corrected chi connectivity index (χ0v) is 9.73. The maximum atomic E-state index is 11.2. The maximum Gasteiger partial charge on any atom is 0.292 e. The molecule has 0 bridgehead atoms. The molecule has 0 fully saturated rings. The summed E-state index contributed by atoms with van der Waals surface area (Å²) < 4.78 is 23.4. The van der Waals surface area contributed by atoms with Crippen molar-refractivity contribution in [2.24, 2.45) is 0 Å². The predicted octanol–water partition coefficient (Wildman–Crippen LogP) is 0.208. The Morgan fingerprint density at radius 2 is 2.20 bits per heavy atom. The van der Waals surface area contributed by atoms with Crippen LogP contribution >= 0.6 is 22.9 Å². The molecule has 0 amide bonds. The molecule has 2 rings (SSSR count). The Hall–Kier alpha value is -0.990. The SMILES string of the molecule is CS(=O)(=O)c1nn2cc(Cl)c(=O)nc2s1. The highest BCUT2D eigenvalue weighted by Crippen LogP contribution is 2.17. The van der Waals surface area contributed by atoms with Gasteiger partial charge in [0.05, 0.1) is 6.20 Å². The number of halogens is 1. The number of rotatable bonds is 1. The molecule has 0 spiro atoms. The number of hydrogen-bond donors (Lipinski definition) is 0. The lowest BCUT2D eigenvalue weighted by Gasteiger charge is -1.88. The molecule has 15 heavy (non-hydrogen) atoms. The van der Waals surface area contributed by atoms with Gasteiger partial charge in [-0.3, -0.25) is 4.79 Å². The summed E-state index contributed by atoms with van der Waals surface area (Å²) >= 11 is 6.35. The van der Waals surface area contributed by atoms with E-state index in [0.29, 0.717) is 0 Å². The Labute approximate surface area is 93.1 Å². The standard InChI is InChI=1S/C6H4ClN3O3S2/c1-15(12,13)6-9-10-2-3(7)4(11)8-5(10)14-6/h2H,1H3. The van der Waals surface area contributed by atoms with Crippen LogP contribution in [0.5, 0.6) is 0 Å². The molecule has 0 aliphatic carbocycles. The van der Waals surface area contributed by atoms with Crippen LogP contribution in [0.4, 0.5) is 0 Å². The molecule has 0 N–H and O–H groups in total. The Balaban J connectivity index is 2.83. The summed E-state index contributed by atoms with van der Waals surface area (Å²) in [6, 6.07) is 0. The van der Waals surface area contributed by atoms with E-state index in [9.17, 15) is 13.2 Å². The Morgan fingerprint density at radius 1 is 1.53 bits per heavy atom. The van der Waals surface area contributed by atoms with Gasteiger partial charge in [-0.25, -0.2) is 12.9 Å². The van der Waals surface area contributed by atoms with Gasteiger partial charge in [0.15, 0.2) is 0 Å². The summed E-state index contributed by atoms with van der Waals surface area (Å²) in [7, 11) is -3.39. The van der Waals surface area contributed by atoms with Crippen LogP contribution in [0.25, 0.3) is 4.96 Å². The molecule has 6 nitrogen and oxygen atoms in total. The van der Waals surface area contributed by atoms with Crippen LogP contribution in [0, 0.1) is 0 Å². The van der Waals surface area contributed by atoms with E-state index in [1.165, 1.54) is 10.7 Å². The summed E-state index contributed by atoms with van der Waals surface area (Å²) in [5.41, 5.74) is -0.597. The second-order valence-corrected chi connectivity index (χ2v) is 6.31. The van der Waals surface area contributed by atoms with Gasteiger partial charge in [0.25, 0.3) is 5.56 Å². The van der Waals surface area contributed by atoms with E-state index in [0.717, 1.165) is 17.6 Å². The minimum atomic E-state index is -3.39.